The smallest absolute Gasteiger partial charge is 0.0377 e. The Morgan fingerprint density at radius 3 is 2.80 bits per heavy atom. The first-order valence-corrected chi connectivity index (χ1v) is 6.31. The Bertz CT molecular complexity index is 520. The van der Waals surface area contributed by atoms with Crippen molar-refractivity contribution in [1.29, 1.82) is 0 Å². The maximum Gasteiger partial charge on any atom is 0.0377 e. The molecule has 1 aliphatic rings. The second-order valence-corrected chi connectivity index (χ2v) is 5.22. The molecule has 76 valence electrons. The molecule has 0 unspecified atom stereocenters. The Morgan fingerprint density at radius 1 is 1.07 bits per heavy atom. The summed E-state index contributed by atoms with van der Waals surface area (Å²) in [5.74, 6) is 0. The molecule has 0 bridgehead atoms. The van der Waals surface area contributed by atoms with E-state index in [4.69, 9.17) is 0 Å². The summed E-state index contributed by atoms with van der Waals surface area (Å²) in [6.07, 6.45) is 2.43. The van der Waals surface area contributed by atoms with Gasteiger partial charge in [-0.05, 0) is 66.0 Å². The zero-order valence-corrected chi connectivity index (χ0v) is 9.95. The summed E-state index contributed by atoms with van der Waals surface area (Å²) in [5.41, 5.74) is 7.51. The molecule has 0 N–H and O–H groups in total. The fraction of sp³-hybridized carbons (Fsp3) is 0.286. The summed E-state index contributed by atoms with van der Waals surface area (Å²) >= 11 is 1.88. The first-order valence-electron chi connectivity index (χ1n) is 5.43. The number of rotatable bonds is 0. The van der Waals surface area contributed by atoms with Crippen molar-refractivity contribution in [3.63, 3.8) is 0 Å². The molecular formula is C14H14S. The van der Waals surface area contributed by atoms with E-state index in [1.807, 2.05) is 11.3 Å². The summed E-state index contributed by atoms with van der Waals surface area (Å²) in [7, 11) is 0. The lowest BCUT2D eigenvalue weighted by atomic mass is 9.87. The topological polar surface area (TPSA) is 0 Å². The molecule has 1 aliphatic carbocycles. The molecule has 0 spiro atoms. The summed E-state index contributed by atoms with van der Waals surface area (Å²) in [5, 5.41) is 2.22. The van der Waals surface area contributed by atoms with Crippen molar-refractivity contribution < 1.29 is 0 Å². The van der Waals surface area contributed by atoms with Gasteiger partial charge in [0.2, 0.25) is 0 Å². The summed E-state index contributed by atoms with van der Waals surface area (Å²) in [4.78, 5) is 1.50. The summed E-state index contributed by atoms with van der Waals surface area (Å²) in [6, 6.07) is 6.83. The van der Waals surface area contributed by atoms with E-state index < -0.39 is 0 Å². The maximum absolute atomic E-state index is 2.30. The molecule has 0 saturated carbocycles. The standard InChI is InChI=1S/C14H14S/c1-9-3-5-13-12(10(9)2)6-4-11-7-8-15-14(11)13/h3,5,7-8H,4,6H2,1-2H3. The Balaban J connectivity index is 2.31. The highest BCUT2D eigenvalue weighted by Crippen LogP contribution is 2.39. The van der Waals surface area contributed by atoms with Crippen molar-refractivity contribution in [3.05, 3.63) is 45.8 Å². The molecule has 3 rings (SSSR count). The fourth-order valence-electron chi connectivity index (χ4n) is 2.44. The van der Waals surface area contributed by atoms with E-state index in [0.717, 1.165) is 0 Å². The van der Waals surface area contributed by atoms with Gasteiger partial charge in [-0.15, -0.1) is 11.3 Å². The highest BCUT2D eigenvalue weighted by Gasteiger charge is 2.18. The average molecular weight is 214 g/mol. The van der Waals surface area contributed by atoms with Gasteiger partial charge in [-0.2, -0.15) is 0 Å². The van der Waals surface area contributed by atoms with Gasteiger partial charge in [0, 0.05) is 4.88 Å². The Kier molecular flexibility index (Phi) is 1.96. The minimum absolute atomic E-state index is 1.21. The summed E-state index contributed by atoms with van der Waals surface area (Å²) in [6.45, 7) is 4.46. The van der Waals surface area contributed by atoms with Crippen molar-refractivity contribution in [2.75, 3.05) is 0 Å². The number of hydrogen-bond donors (Lipinski definition) is 0. The molecule has 1 aromatic heterocycles. The van der Waals surface area contributed by atoms with E-state index in [2.05, 4.69) is 37.4 Å². The van der Waals surface area contributed by atoms with Gasteiger partial charge >= 0.3 is 0 Å². The van der Waals surface area contributed by atoms with Crippen molar-refractivity contribution >= 4 is 11.3 Å². The van der Waals surface area contributed by atoms with Gasteiger partial charge in [-0.3, -0.25) is 0 Å². The lowest BCUT2D eigenvalue weighted by Crippen LogP contribution is -2.04. The molecule has 1 heteroatoms. The third-order valence-corrected chi connectivity index (χ3v) is 4.49. The van der Waals surface area contributed by atoms with Crippen LogP contribution in [0.25, 0.3) is 10.4 Å². The molecule has 0 saturated heterocycles. The SMILES string of the molecule is Cc1ccc2c(c1C)CCc1ccsc1-2. The zero-order chi connectivity index (χ0) is 10.4. The van der Waals surface area contributed by atoms with E-state index >= 15 is 0 Å². The van der Waals surface area contributed by atoms with E-state index in [-0.39, 0.29) is 0 Å². The van der Waals surface area contributed by atoms with Crippen LogP contribution in [-0.4, -0.2) is 0 Å². The lowest BCUT2D eigenvalue weighted by Gasteiger charge is -2.19. The molecule has 1 heterocycles. The molecule has 0 radical (unpaired) electrons. The van der Waals surface area contributed by atoms with Crippen LogP contribution < -0.4 is 0 Å². The van der Waals surface area contributed by atoms with Gasteiger partial charge in [-0.1, -0.05) is 12.1 Å². The van der Waals surface area contributed by atoms with Gasteiger partial charge in [0.15, 0.2) is 0 Å². The van der Waals surface area contributed by atoms with Gasteiger partial charge in [-0.25, -0.2) is 0 Å². The third kappa shape index (κ3) is 1.26. The monoisotopic (exact) mass is 214 g/mol. The Labute approximate surface area is 94.6 Å². The van der Waals surface area contributed by atoms with Gasteiger partial charge < -0.3 is 0 Å². The van der Waals surface area contributed by atoms with E-state index in [0.29, 0.717) is 0 Å². The van der Waals surface area contributed by atoms with Gasteiger partial charge in [0.25, 0.3) is 0 Å². The van der Waals surface area contributed by atoms with Gasteiger partial charge in [0.1, 0.15) is 0 Å². The molecule has 2 aromatic rings. The van der Waals surface area contributed by atoms with Crippen LogP contribution in [0, 0.1) is 13.8 Å². The molecule has 0 aliphatic heterocycles. The second-order valence-electron chi connectivity index (χ2n) is 4.31. The van der Waals surface area contributed by atoms with Crippen molar-refractivity contribution in [2.45, 2.75) is 26.7 Å². The largest absolute Gasteiger partial charge is 0.144 e. The number of aryl methyl sites for hydroxylation is 2. The highest BCUT2D eigenvalue weighted by molar-refractivity contribution is 7.13. The molecule has 15 heavy (non-hydrogen) atoms. The normalized spacial score (nSPS) is 13.5. The van der Waals surface area contributed by atoms with Crippen LogP contribution >= 0.6 is 11.3 Å². The fourth-order valence-corrected chi connectivity index (χ4v) is 3.45. The van der Waals surface area contributed by atoms with Crippen LogP contribution in [-0.2, 0) is 12.8 Å². The maximum atomic E-state index is 2.30. The van der Waals surface area contributed by atoms with Crippen molar-refractivity contribution in [1.82, 2.24) is 0 Å². The second kappa shape index (κ2) is 3.21. The lowest BCUT2D eigenvalue weighted by molar-refractivity contribution is 0.935. The predicted octanol–water partition coefficient (Wildman–Crippen LogP) is 4.13. The number of fused-ring (bicyclic) bond motifs is 3. The van der Waals surface area contributed by atoms with Crippen LogP contribution in [0.2, 0.25) is 0 Å². The molecular weight excluding hydrogens is 200 g/mol. The first kappa shape index (κ1) is 9.17. The number of thiophene rings is 1. The summed E-state index contributed by atoms with van der Waals surface area (Å²) < 4.78 is 0. The molecule has 0 nitrogen and oxygen atoms in total. The van der Waals surface area contributed by atoms with Crippen LogP contribution in [0.1, 0.15) is 22.3 Å². The van der Waals surface area contributed by atoms with Gasteiger partial charge in [0.05, 0.1) is 0 Å². The molecule has 0 atom stereocenters. The van der Waals surface area contributed by atoms with E-state index in [9.17, 15) is 0 Å². The Hall–Kier alpha value is -1.08. The average Bonchev–Trinajstić information content (AvgIpc) is 2.71. The number of benzene rings is 1. The highest BCUT2D eigenvalue weighted by atomic mass is 32.1. The molecule has 0 fully saturated rings. The molecule has 0 amide bonds. The quantitative estimate of drug-likeness (QED) is 0.618. The van der Waals surface area contributed by atoms with E-state index in [1.54, 1.807) is 5.56 Å². The van der Waals surface area contributed by atoms with Crippen LogP contribution in [0.4, 0.5) is 0 Å². The predicted molar refractivity (Wildman–Crippen MR) is 66.6 cm³/mol. The first-order chi connectivity index (χ1) is 7.27. The minimum Gasteiger partial charge on any atom is -0.144 e. The van der Waals surface area contributed by atoms with Crippen molar-refractivity contribution in [3.8, 4) is 10.4 Å². The molecule has 1 aromatic carbocycles. The van der Waals surface area contributed by atoms with Crippen molar-refractivity contribution in [2.24, 2.45) is 0 Å². The zero-order valence-electron chi connectivity index (χ0n) is 9.13. The van der Waals surface area contributed by atoms with E-state index in [1.165, 1.54) is 40.0 Å². The van der Waals surface area contributed by atoms with Crippen LogP contribution in [0.3, 0.4) is 0 Å². The number of hydrogen-bond acceptors (Lipinski definition) is 1. The third-order valence-electron chi connectivity index (χ3n) is 3.51. The van der Waals surface area contributed by atoms with Crippen LogP contribution in [0.5, 0.6) is 0 Å². The minimum atomic E-state index is 1.21. The van der Waals surface area contributed by atoms with Crippen LogP contribution in [0.15, 0.2) is 23.6 Å². The Morgan fingerprint density at radius 2 is 1.93 bits per heavy atom.